The number of fused-ring (bicyclic) bond motifs is 1. The number of likely N-dealkylation sites (tertiary alicyclic amines) is 1. The van der Waals surface area contributed by atoms with Crippen LogP contribution in [0.1, 0.15) is 11.1 Å². The molecule has 2 aliphatic rings. The molecule has 142 valence electrons. The first-order valence-corrected chi connectivity index (χ1v) is 9.59. The number of benzene rings is 2. The summed E-state index contributed by atoms with van der Waals surface area (Å²) in [6.07, 6.45) is 0. The number of ether oxygens (including phenoxy) is 1. The molecule has 27 heavy (non-hydrogen) atoms. The van der Waals surface area contributed by atoms with Crippen LogP contribution in [0.4, 0.5) is 0 Å². The summed E-state index contributed by atoms with van der Waals surface area (Å²) < 4.78 is 6.01. The van der Waals surface area contributed by atoms with Crippen molar-refractivity contribution in [2.24, 2.45) is 11.3 Å². The van der Waals surface area contributed by atoms with Crippen molar-refractivity contribution in [3.05, 3.63) is 65.7 Å². The number of hydrogen-bond donors (Lipinski definition) is 2. The topological polar surface area (TPSA) is 53.6 Å². The maximum atomic E-state index is 13.0. The van der Waals surface area contributed by atoms with Crippen molar-refractivity contribution < 1.29 is 9.53 Å². The van der Waals surface area contributed by atoms with Gasteiger partial charge in [0.15, 0.2) is 0 Å². The zero-order valence-corrected chi connectivity index (χ0v) is 15.8. The predicted molar refractivity (Wildman–Crippen MR) is 105 cm³/mol. The van der Waals surface area contributed by atoms with Gasteiger partial charge in [0.2, 0.25) is 5.91 Å². The molecule has 2 saturated heterocycles. The largest absolute Gasteiger partial charge is 0.489 e. The van der Waals surface area contributed by atoms with Crippen molar-refractivity contribution in [1.29, 1.82) is 0 Å². The summed E-state index contributed by atoms with van der Waals surface area (Å²) in [5, 5.41) is 6.58. The van der Waals surface area contributed by atoms with Crippen molar-refractivity contribution in [2.75, 3.05) is 33.2 Å². The molecule has 2 atom stereocenters. The van der Waals surface area contributed by atoms with E-state index in [1.54, 1.807) is 0 Å². The molecule has 0 aliphatic carbocycles. The van der Waals surface area contributed by atoms with Crippen LogP contribution in [0.2, 0.25) is 0 Å². The van der Waals surface area contributed by atoms with Crippen molar-refractivity contribution in [3.63, 3.8) is 0 Å². The molecule has 2 aromatic carbocycles. The fourth-order valence-electron chi connectivity index (χ4n) is 4.37. The molecule has 4 rings (SSSR count). The van der Waals surface area contributed by atoms with Crippen LogP contribution >= 0.6 is 0 Å². The Morgan fingerprint density at radius 1 is 1.22 bits per heavy atom. The average Bonchev–Trinajstić information content (AvgIpc) is 3.23. The van der Waals surface area contributed by atoms with Crippen LogP contribution in [0.15, 0.2) is 54.6 Å². The minimum Gasteiger partial charge on any atom is -0.489 e. The predicted octanol–water partition coefficient (Wildman–Crippen LogP) is 2.03. The molecular weight excluding hydrogens is 338 g/mol. The third-order valence-corrected chi connectivity index (χ3v) is 5.80. The third kappa shape index (κ3) is 3.70. The van der Waals surface area contributed by atoms with Gasteiger partial charge in [0.25, 0.3) is 0 Å². The first kappa shape index (κ1) is 18.0. The Balaban J connectivity index is 1.40. The second-order valence-electron chi connectivity index (χ2n) is 7.75. The molecule has 0 bridgehead atoms. The average molecular weight is 365 g/mol. The van der Waals surface area contributed by atoms with Gasteiger partial charge in [-0.2, -0.15) is 0 Å². The normalized spacial score (nSPS) is 24.6. The van der Waals surface area contributed by atoms with E-state index in [0.29, 0.717) is 19.1 Å². The zero-order valence-electron chi connectivity index (χ0n) is 15.8. The van der Waals surface area contributed by atoms with Crippen molar-refractivity contribution in [3.8, 4) is 5.75 Å². The minimum absolute atomic E-state index is 0.153. The van der Waals surface area contributed by atoms with Crippen LogP contribution in [0.3, 0.4) is 0 Å². The summed E-state index contributed by atoms with van der Waals surface area (Å²) in [5.41, 5.74) is 1.84. The van der Waals surface area contributed by atoms with E-state index in [-0.39, 0.29) is 11.3 Å². The molecule has 0 unspecified atom stereocenters. The lowest BCUT2D eigenvalue weighted by molar-refractivity contribution is -0.130. The highest BCUT2D eigenvalue weighted by molar-refractivity contribution is 5.84. The van der Waals surface area contributed by atoms with Crippen LogP contribution in [-0.2, 0) is 17.9 Å². The molecule has 2 fully saturated rings. The summed E-state index contributed by atoms with van der Waals surface area (Å²) in [5.74, 6) is 1.37. The van der Waals surface area contributed by atoms with Crippen molar-refractivity contribution in [2.45, 2.75) is 13.2 Å². The SMILES string of the molecule is CN1C[C@@H]2CNC[C@]2(C(=O)NCc2ccccc2OCc2ccccc2)C1. The van der Waals surface area contributed by atoms with Gasteiger partial charge < -0.3 is 20.3 Å². The van der Waals surface area contributed by atoms with E-state index in [0.717, 1.165) is 43.1 Å². The van der Waals surface area contributed by atoms with E-state index in [1.165, 1.54) is 0 Å². The van der Waals surface area contributed by atoms with Gasteiger partial charge >= 0.3 is 0 Å². The standard InChI is InChI=1S/C22H27N3O2/c1-25-13-19-12-23-15-22(19,16-25)21(26)24-11-18-9-5-6-10-20(18)27-14-17-7-3-2-4-8-17/h2-10,19,23H,11-16H2,1H3,(H,24,26)/t19-,22-/m0/s1. The van der Waals surface area contributed by atoms with Gasteiger partial charge in [-0.25, -0.2) is 0 Å². The number of carbonyl (C=O) groups is 1. The second kappa shape index (κ2) is 7.71. The Morgan fingerprint density at radius 3 is 2.85 bits per heavy atom. The summed E-state index contributed by atoms with van der Waals surface area (Å²) in [7, 11) is 2.10. The highest BCUT2D eigenvalue weighted by Gasteiger charge is 2.53. The molecule has 2 aliphatic heterocycles. The summed E-state index contributed by atoms with van der Waals surface area (Å²) in [4.78, 5) is 15.3. The number of amides is 1. The van der Waals surface area contributed by atoms with Crippen LogP contribution in [0.5, 0.6) is 5.75 Å². The van der Waals surface area contributed by atoms with Gasteiger partial charge in [-0.15, -0.1) is 0 Å². The number of nitrogens with zero attached hydrogens (tertiary/aromatic N) is 1. The van der Waals surface area contributed by atoms with Crippen molar-refractivity contribution in [1.82, 2.24) is 15.5 Å². The molecule has 0 saturated carbocycles. The fourth-order valence-corrected chi connectivity index (χ4v) is 4.37. The van der Waals surface area contributed by atoms with E-state index in [4.69, 9.17) is 4.74 Å². The van der Waals surface area contributed by atoms with E-state index < -0.39 is 0 Å². The van der Waals surface area contributed by atoms with Crippen LogP contribution in [-0.4, -0.2) is 44.0 Å². The maximum absolute atomic E-state index is 13.0. The minimum atomic E-state index is -0.297. The van der Waals surface area contributed by atoms with Gasteiger partial charge in [0, 0.05) is 44.2 Å². The highest BCUT2D eigenvalue weighted by Crippen LogP contribution is 2.38. The summed E-state index contributed by atoms with van der Waals surface area (Å²) in [6.45, 7) is 4.50. The molecule has 2 N–H and O–H groups in total. The molecule has 2 heterocycles. The fraction of sp³-hybridized carbons (Fsp3) is 0.409. The van der Waals surface area contributed by atoms with E-state index >= 15 is 0 Å². The lowest BCUT2D eigenvalue weighted by atomic mass is 9.80. The molecule has 5 heteroatoms. The summed E-state index contributed by atoms with van der Waals surface area (Å²) in [6, 6.07) is 18.0. The van der Waals surface area contributed by atoms with Crippen LogP contribution in [0, 0.1) is 11.3 Å². The number of para-hydroxylation sites is 1. The molecule has 0 aromatic heterocycles. The molecule has 1 amide bonds. The monoisotopic (exact) mass is 365 g/mol. The number of nitrogens with one attached hydrogen (secondary N) is 2. The first-order chi connectivity index (χ1) is 13.2. The van der Waals surface area contributed by atoms with E-state index in [2.05, 4.69) is 22.6 Å². The number of rotatable bonds is 6. The Kier molecular flexibility index (Phi) is 5.14. The van der Waals surface area contributed by atoms with Crippen LogP contribution < -0.4 is 15.4 Å². The van der Waals surface area contributed by atoms with Gasteiger partial charge in [0.1, 0.15) is 12.4 Å². The molecular formula is C22H27N3O2. The maximum Gasteiger partial charge on any atom is 0.229 e. The first-order valence-electron chi connectivity index (χ1n) is 9.59. The Hall–Kier alpha value is -2.37. The number of carbonyl (C=O) groups excluding carboxylic acids is 1. The quantitative estimate of drug-likeness (QED) is 0.823. The van der Waals surface area contributed by atoms with Gasteiger partial charge in [0.05, 0.1) is 5.41 Å². The smallest absolute Gasteiger partial charge is 0.229 e. The zero-order chi connectivity index (χ0) is 18.7. The Bertz CT molecular complexity index is 795. The Labute approximate surface area is 160 Å². The van der Waals surface area contributed by atoms with Crippen LogP contribution in [0.25, 0.3) is 0 Å². The molecule has 0 radical (unpaired) electrons. The molecule has 2 aromatic rings. The second-order valence-corrected chi connectivity index (χ2v) is 7.75. The van der Waals surface area contributed by atoms with Crippen molar-refractivity contribution >= 4 is 5.91 Å². The molecule has 5 nitrogen and oxygen atoms in total. The lowest BCUT2D eigenvalue weighted by Gasteiger charge is -2.26. The lowest BCUT2D eigenvalue weighted by Crippen LogP contribution is -2.46. The van der Waals surface area contributed by atoms with E-state index in [1.807, 2.05) is 54.6 Å². The highest BCUT2D eigenvalue weighted by atomic mass is 16.5. The number of hydrogen-bond acceptors (Lipinski definition) is 4. The third-order valence-electron chi connectivity index (χ3n) is 5.80. The van der Waals surface area contributed by atoms with Gasteiger partial charge in [-0.1, -0.05) is 48.5 Å². The summed E-state index contributed by atoms with van der Waals surface area (Å²) >= 11 is 0. The van der Waals surface area contributed by atoms with E-state index in [9.17, 15) is 4.79 Å². The Morgan fingerprint density at radius 2 is 2.00 bits per heavy atom. The van der Waals surface area contributed by atoms with Gasteiger partial charge in [-0.05, 0) is 18.7 Å². The molecule has 0 spiro atoms. The van der Waals surface area contributed by atoms with Gasteiger partial charge in [-0.3, -0.25) is 4.79 Å².